The van der Waals surface area contributed by atoms with Gasteiger partial charge in [0.25, 0.3) is 15.9 Å². The number of hydrogen-bond acceptors (Lipinski definition) is 9. The first-order valence-corrected chi connectivity index (χ1v) is 14.6. The highest BCUT2D eigenvalue weighted by Crippen LogP contribution is 2.54. The minimum absolute atomic E-state index is 0.00599. The minimum Gasteiger partial charge on any atom is -0.497 e. The van der Waals surface area contributed by atoms with Crippen molar-refractivity contribution in [3.05, 3.63) is 70.9 Å². The molecule has 0 radical (unpaired) electrons. The number of fused-ring (bicyclic) bond motifs is 1. The molecule has 216 valence electrons. The Morgan fingerprint density at radius 3 is 2.54 bits per heavy atom. The second kappa shape index (κ2) is 10.8. The molecule has 3 aromatic rings. The summed E-state index contributed by atoms with van der Waals surface area (Å²) in [5, 5.41) is 2.95. The van der Waals surface area contributed by atoms with E-state index in [1.54, 1.807) is 23.1 Å². The fourth-order valence-electron chi connectivity index (χ4n) is 5.80. The molecular formula is C28H29ClN4O7S. The maximum Gasteiger partial charge on any atom is 0.274 e. The van der Waals surface area contributed by atoms with Gasteiger partial charge in [0.15, 0.2) is 5.54 Å². The third-order valence-electron chi connectivity index (χ3n) is 7.54. The van der Waals surface area contributed by atoms with Gasteiger partial charge in [0.05, 0.1) is 33.1 Å². The van der Waals surface area contributed by atoms with E-state index in [-0.39, 0.29) is 44.3 Å². The van der Waals surface area contributed by atoms with Crippen LogP contribution in [0.25, 0.3) is 0 Å². The lowest BCUT2D eigenvalue weighted by Gasteiger charge is -2.41. The van der Waals surface area contributed by atoms with Gasteiger partial charge in [0.1, 0.15) is 16.4 Å². The van der Waals surface area contributed by atoms with Gasteiger partial charge >= 0.3 is 0 Å². The third kappa shape index (κ3) is 4.28. The Kier molecular flexibility index (Phi) is 7.58. The summed E-state index contributed by atoms with van der Waals surface area (Å²) >= 11 is 6.49. The zero-order valence-corrected chi connectivity index (χ0v) is 24.5. The van der Waals surface area contributed by atoms with Crippen molar-refractivity contribution < 1.29 is 32.2 Å². The summed E-state index contributed by atoms with van der Waals surface area (Å²) in [5.41, 5.74) is -1.16. The molecule has 2 aliphatic rings. The number of rotatable bonds is 8. The Balaban J connectivity index is 1.85. The lowest BCUT2D eigenvalue weighted by molar-refractivity contribution is -0.132. The summed E-state index contributed by atoms with van der Waals surface area (Å²) in [4.78, 5) is 34.0. The maximum absolute atomic E-state index is 15.0. The number of halogens is 1. The summed E-state index contributed by atoms with van der Waals surface area (Å²) < 4.78 is 45.9. The highest BCUT2D eigenvalue weighted by molar-refractivity contribution is 7.93. The van der Waals surface area contributed by atoms with E-state index in [1.807, 2.05) is 0 Å². The van der Waals surface area contributed by atoms with Gasteiger partial charge in [-0.1, -0.05) is 11.6 Å². The standard InChI is InChI=1S/C28H29ClN4O7S/c1-30-25(34)22-8-6-14-32(22)28(19-7-5-13-31-26(19)40-4)20-15-17(29)9-11-21(20)33(27(28)35)41(36,37)24-12-10-18(38-2)16-23(24)39-3/h5,7,9-13,15-16,22H,6,8,14H2,1-4H3,(H,30,34)/t22?,28-/m1/s1. The Bertz CT molecular complexity index is 1630. The van der Waals surface area contributed by atoms with Crippen LogP contribution in [0.5, 0.6) is 17.4 Å². The second-order valence-electron chi connectivity index (χ2n) is 9.49. The van der Waals surface area contributed by atoms with Crippen LogP contribution in [0.1, 0.15) is 24.0 Å². The van der Waals surface area contributed by atoms with E-state index >= 15 is 4.79 Å². The van der Waals surface area contributed by atoms with E-state index in [2.05, 4.69) is 10.3 Å². The van der Waals surface area contributed by atoms with Crippen molar-refractivity contribution in [2.75, 3.05) is 39.2 Å². The summed E-state index contributed by atoms with van der Waals surface area (Å²) in [6.07, 6.45) is 2.54. The highest BCUT2D eigenvalue weighted by atomic mass is 35.5. The first-order chi connectivity index (χ1) is 19.7. The Morgan fingerprint density at radius 1 is 1.07 bits per heavy atom. The van der Waals surface area contributed by atoms with Gasteiger partial charge in [-0.2, -0.15) is 0 Å². The van der Waals surface area contributed by atoms with Gasteiger partial charge in [-0.3, -0.25) is 14.5 Å². The van der Waals surface area contributed by atoms with Gasteiger partial charge in [0, 0.05) is 42.0 Å². The summed E-state index contributed by atoms with van der Waals surface area (Å²) in [6.45, 7) is 0.313. The smallest absolute Gasteiger partial charge is 0.274 e. The fraction of sp³-hybridized carbons (Fsp3) is 0.321. The van der Waals surface area contributed by atoms with Crippen LogP contribution in [0.4, 0.5) is 5.69 Å². The molecule has 1 saturated heterocycles. The van der Waals surface area contributed by atoms with Gasteiger partial charge in [-0.25, -0.2) is 17.7 Å². The number of sulfonamides is 1. The minimum atomic E-state index is -4.58. The van der Waals surface area contributed by atoms with Crippen LogP contribution in [0.2, 0.25) is 5.02 Å². The average molecular weight is 601 g/mol. The lowest BCUT2D eigenvalue weighted by atomic mass is 9.81. The summed E-state index contributed by atoms with van der Waals surface area (Å²) in [6, 6.07) is 11.3. The molecule has 2 amide bonds. The van der Waals surface area contributed by atoms with Crippen LogP contribution >= 0.6 is 11.6 Å². The van der Waals surface area contributed by atoms with Gasteiger partial charge in [-0.05, 0) is 55.3 Å². The zero-order chi connectivity index (χ0) is 29.5. The van der Waals surface area contributed by atoms with E-state index in [1.165, 1.54) is 64.9 Å². The summed E-state index contributed by atoms with van der Waals surface area (Å²) in [7, 11) is 1.12. The van der Waals surface area contributed by atoms with Crippen LogP contribution in [0.3, 0.4) is 0 Å². The fourth-order valence-corrected chi connectivity index (χ4v) is 7.57. The molecule has 1 N–H and O–H groups in total. The monoisotopic (exact) mass is 600 g/mol. The Labute approximate surface area is 243 Å². The van der Waals surface area contributed by atoms with Crippen molar-refractivity contribution in [3.63, 3.8) is 0 Å². The molecule has 2 aromatic carbocycles. The molecule has 1 unspecified atom stereocenters. The first kappa shape index (κ1) is 28.7. The number of nitrogens with one attached hydrogen (secondary N) is 1. The summed E-state index contributed by atoms with van der Waals surface area (Å²) in [5.74, 6) is -0.654. The molecule has 0 bridgehead atoms. The molecule has 0 saturated carbocycles. The van der Waals surface area contributed by atoms with Gasteiger partial charge in [-0.15, -0.1) is 0 Å². The number of carbonyl (C=O) groups is 2. The van der Waals surface area contributed by atoms with Crippen LogP contribution in [-0.2, 0) is 25.2 Å². The second-order valence-corrected chi connectivity index (χ2v) is 11.7. The maximum atomic E-state index is 15.0. The molecule has 3 heterocycles. The van der Waals surface area contributed by atoms with Crippen LogP contribution in [0.15, 0.2) is 59.6 Å². The van der Waals surface area contributed by atoms with Gasteiger partial charge in [0.2, 0.25) is 11.8 Å². The largest absolute Gasteiger partial charge is 0.497 e. The van der Waals surface area contributed by atoms with Crippen LogP contribution in [0, 0.1) is 0 Å². The van der Waals surface area contributed by atoms with Gasteiger partial charge < -0.3 is 19.5 Å². The number of hydrogen-bond donors (Lipinski definition) is 1. The number of likely N-dealkylation sites (N-methyl/N-ethyl adjacent to an activating group) is 1. The number of benzene rings is 2. The molecule has 5 rings (SSSR count). The number of nitrogens with zero attached hydrogens (tertiary/aromatic N) is 3. The molecule has 1 aromatic heterocycles. The topological polar surface area (TPSA) is 127 Å². The van der Waals surface area contributed by atoms with Crippen molar-refractivity contribution in [3.8, 4) is 17.4 Å². The zero-order valence-electron chi connectivity index (χ0n) is 22.9. The molecule has 0 spiro atoms. The van der Waals surface area contributed by atoms with Crippen molar-refractivity contribution >= 4 is 39.1 Å². The highest BCUT2D eigenvalue weighted by Gasteiger charge is 2.63. The molecule has 41 heavy (non-hydrogen) atoms. The van der Waals surface area contributed by atoms with E-state index < -0.39 is 27.5 Å². The molecule has 11 nitrogen and oxygen atoms in total. The number of amides is 2. The number of aromatic nitrogens is 1. The molecule has 0 aliphatic carbocycles. The Morgan fingerprint density at radius 2 is 1.85 bits per heavy atom. The Hall–Kier alpha value is -3.87. The molecular weight excluding hydrogens is 572 g/mol. The number of ether oxygens (including phenoxy) is 3. The molecule has 1 fully saturated rings. The van der Waals surface area contributed by atoms with E-state index in [4.69, 9.17) is 25.8 Å². The van der Waals surface area contributed by atoms with Crippen molar-refractivity contribution in [1.29, 1.82) is 0 Å². The SMILES string of the molecule is CNC(=O)C1CCCN1[C@@]1(c2cccnc2OC)C(=O)N(S(=O)(=O)c2ccc(OC)cc2OC)c2ccc(Cl)cc21. The van der Waals surface area contributed by atoms with Crippen LogP contribution in [-0.4, -0.2) is 71.1 Å². The van der Waals surface area contributed by atoms with Crippen LogP contribution < -0.4 is 23.8 Å². The first-order valence-electron chi connectivity index (χ1n) is 12.8. The van der Waals surface area contributed by atoms with E-state index in [0.717, 1.165) is 4.31 Å². The van der Waals surface area contributed by atoms with Crippen molar-refractivity contribution in [1.82, 2.24) is 15.2 Å². The van der Waals surface area contributed by atoms with E-state index in [0.29, 0.717) is 25.1 Å². The number of methoxy groups -OCH3 is 3. The molecule has 2 atom stereocenters. The number of likely N-dealkylation sites (tertiary alicyclic amines) is 1. The normalized spacial score (nSPS) is 20.6. The molecule has 13 heteroatoms. The quantitative estimate of drug-likeness (QED) is 0.415. The predicted molar refractivity (Wildman–Crippen MR) is 151 cm³/mol. The van der Waals surface area contributed by atoms with E-state index in [9.17, 15) is 13.2 Å². The average Bonchev–Trinajstić information content (AvgIpc) is 3.57. The number of pyridine rings is 1. The number of carbonyl (C=O) groups excluding carboxylic acids is 2. The lowest BCUT2D eigenvalue weighted by Crippen LogP contribution is -2.59. The van der Waals surface area contributed by atoms with Crippen molar-refractivity contribution in [2.45, 2.75) is 29.3 Å². The number of anilines is 1. The third-order valence-corrected chi connectivity index (χ3v) is 9.51. The van der Waals surface area contributed by atoms with Crippen molar-refractivity contribution in [2.24, 2.45) is 0 Å². The molecule has 2 aliphatic heterocycles. The predicted octanol–water partition coefficient (Wildman–Crippen LogP) is 2.95.